The number of hydrogen-bond acceptors (Lipinski definition) is 4. The number of carbonyl (C=O) groups is 1. The third-order valence-electron chi connectivity index (χ3n) is 2.20. The van der Waals surface area contributed by atoms with E-state index < -0.39 is 16.6 Å². The van der Waals surface area contributed by atoms with Crippen molar-refractivity contribution in [3.8, 4) is 0 Å². The second-order valence-corrected chi connectivity index (χ2v) is 3.55. The molecule has 4 nitrogen and oxygen atoms in total. The van der Waals surface area contributed by atoms with Crippen LogP contribution in [0.5, 0.6) is 0 Å². The first-order valence-corrected chi connectivity index (χ1v) is 5.34. The first-order chi connectivity index (χ1) is 7.05. The molecule has 0 saturated carbocycles. The van der Waals surface area contributed by atoms with Crippen LogP contribution in [0.2, 0.25) is 0 Å². The van der Waals surface area contributed by atoms with Crippen molar-refractivity contribution in [3.63, 3.8) is 0 Å². The molecule has 0 aliphatic rings. The van der Waals surface area contributed by atoms with E-state index in [1.807, 2.05) is 6.92 Å². The molecule has 15 heavy (non-hydrogen) atoms. The lowest BCUT2D eigenvalue weighted by Gasteiger charge is -2.23. The average molecular weight is 231 g/mol. The van der Waals surface area contributed by atoms with Gasteiger partial charge in [-0.3, -0.25) is 4.99 Å². The van der Waals surface area contributed by atoms with Gasteiger partial charge in [0.15, 0.2) is 5.05 Å². The van der Waals surface area contributed by atoms with E-state index in [1.165, 1.54) is 0 Å². The van der Waals surface area contributed by atoms with Gasteiger partial charge in [-0.25, -0.2) is 4.79 Å². The molecule has 0 rings (SSSR count). The Morgan fingerprint density at radius 1 is 1.60 bits per heavy atom. The molecular formula is C10H17NO3S. The molecule has 0 aliphatic carbocycles. The highest BCUT2D eigenvalue weighted by molar-refractivity contribution is 7.80. The Morgan fingerprint density at radius 2 is 2.20 bits per heavy atom. The summed E-state index contributed by atoms with van der Waals surface area (Å²) in [6.45, 7) is 7.27. The predicted octanol–water partition coefficient (Wildman–Crippen LogP) is 2.06. The lowest BCUT2D eigenvalue weighted by atomic mass is 9.98. The van der Waals surface area contributed by atoms with Gasteiger partial charge in [-0.2, -0.15) is 0 Å². The van der Waals surface area contributed by atoms with Crippen LogP contribution in [0.15, 0.2) is 4.99 Å². The van der Waals surface area contributed by atoms with Crippen LogP contribution in [-0.4, -0.2) is 35.0 Å². The molecule has 0 aromatic rings. The van der Waals surface area contributed by atoms with Crippen molar-refractivity contribution in [3.05, 3.63) is 0 Å². The summed E-state index contributed by atoms with van der Waals surface area (Å²) in [7, 11) is 0. The minimum absolute atomic E-state index is 0.247. The van der Waals surface area contributed by atoms with E-state index in [0.29, 0.717) is 6.61 Å². The normalized spacial score (nSPS) is 14.0. The number of hydrogen-bond donors (Lipinski definition) is 1. The summed E-state index contributed by atoms with van der Waals surface area (Å²) in [6, 6.07) is 0. The maximum atomic E-state index is 11.6. The van der Waals surface area contributed by atoms with Gasteiger partial charge in [0, 0.05) is 0 Å². The molecule has 86 valence electrons. The molecule has 0 fully saturated rings. The molecule has 1 atom stereocenters. The van der Waals surface area contributed by atoms with E-state index in [1.54, 1.807) is 6.92 Å². The van der Waals surface area contributed by atoms with Crippen LogP contribution in [0.4, 0.5) is 0 Å². The average Bonchev–Trinajstić information content (AvgIpc) is 2.20. The summed E-state index contributed by atoms with van der Waals surface area (Å²) in [5, 5.41) is 8.80. The van der Waals surface area contributed by atoms with Crippen molar-refractivity contribution in [1.82, 2.24) is 0 Å². The molecule has 0 aliphatic heterocycles. The Hall–Kier alpha value is -0.970. The van der Waals surface area contributed by atoms with Crippen molar-refractivity contribution in [2.75, 3.05) is 6.61 Å². The SMILES string of the molecule is C=NC(CC)(C(=O)OCCCC)C(O)=S. The van der Waals surface area contributed by atoms with E-state index in [0.717, 1.165) is 12.8 Å². The van der Waals surface area contributed by atoms with E-state index in [4.69, 9.17) is 4.74 Å². The monoisotopic (exact) mass is 231 g/mol. The Labute approximate surface area is 95.3 Å². The number of unbranched alkanes of at least 4 members (excludes halogenated alkanes) is 1. The summed E-state index contributed by atoms with van der Waals surface area (Å²) in [6.07, 6.45) is 1.95. The second kappa shape index (κ2) is 6.50. The summed E-state index contributed by atoms with van der Waals surface area (Å²) < 4.78 is 4.97. The molecule has 1 unspecified atom stereocenters. The van der Waals surface area contributed by atoms with Crippen LogP contribution >= 0.6 is 12.2 Å². The number of aliphatic hydroxyl groups excluding tert-OH is 1. The number of carbonyl (C=O) groups excluding carboxylic acids is 1. The number of nitrogens with zero attached hydrogens (tertiary/aromatic N) is 1. The topological polar surface area (TPSA) is 58.9 Å². The van der Waals surface area contributed by atoms with Gasteiger partial charge in [-0.15, -0.1) is 0 Å². The Bertz CT molecular complexity index is 255. The maximum absolute atomic E-state index is 11.6. The molecule has 5 heteroatoms. The van der Waals surface area contributed by atoms with Gasteiger partial charge < -0.3 is 9.84 Å². The summed E-state index contributed by atoms with van der Waals surface area (Å²) in [5.74, 6) is -0.624. The van der Waals surface area contributed by atoms with Gasteiger partial charge in [0.1, 0.15) is 0 Å². The quantitative estimate of drug-likeness (QED) is 0.315. The van der Waals surface area contributed by atoms with Crippen LogP contribution in [0.3, 0.4) is 0 Å². The van der Waals surface area contributed by atoms with Crippen molar-refractivity contribution in [2.24, 2.45) is 4.99 Å². The highest BCUT2D eigenvalue weighted by atomic mass is 32.1. The minimum Gasteiger partial charge on any atom is -0.500 e. The molecule has 0 radical (unpaired) electrons. The molecule has 0 amide bonds. The van der Waals surface area contributed by atoms with Crippen molar-refractivity contribution >= 4 is 30.0 Å². The zero-order chi connectivity index (χ0) is 11.9. The van der Waals surface area contributed by atoms with E-state index >= 15 is 0 Å². The maximum Gasteiger partial charge on any atom is 0.342 e. The van der Waals surface area contributed by atoms with Crippen LogP contribution in [-0.2, 0) is 9.53 Å². The van der Waals surface area contributed by atoms with Gasteiger partial charge in [-0.05, 0) is 31.8 Å². The van der Waals surface area contributed by atoms with Gasteiger partial charge in [0.25, 0.3) is 0 Å². The summed E-state index contributed by atoms with van der Waals surface area (Å²) >= 11 is 4.60. The number of thiocarbonyl (C=S) groups is 1. The van der Waals surface area contributed by atoms with E-state index in [-0.39, 0.29) is 6.42 Å². The van der Waals surface area contributed by atoms with Gasteiger partial charge in [0.05, 0.1) is 6.61 Å². The lowest BCUT2D eigenvalue weighted by Crippen LogP contribution is -2.44. The standard InChI is InChI=1S/C10H17NO3S/c1-4-6-7-14-8(12)10(5-2,11-3)9(13)15/h3-7H2,1-2H3,(H,13,15). The van der Waals surface area contributed by atoms with Gasteiger partial charge >= 0.3 is 5.97 Å². The molecule has 0 heterocycles. The molecule has 0 saturated heterocycles. The second-order valence-electron chi connectivity index (χ2n) is 3.17. The Balaban J connectivity index is 4.56. The highest BCUT2D eigenvalue weighted by Crippen LogP contribution is 2.19. The molecule has 0 aromatic carbocycles. The molecular weight excluding hydrogens is 214 g/mol. The fourth-order valence-corrected chi connectivity index (χ4v) is 1.35. The highest BCUT2D eigenvalue weighted by Gasteiger charge is 2.42. The fraction of sp³-hybridized carbons (Fsp3) is 0.700. The predicted molar refractivity (Wildman–Crippen MR) is 63.7 cm³/mol. The van der Waals surface area contributed by atoms with E-state index in [2.05, 4.69) is 23.9 Å². The largest absolute Gasteiger partial charge is 0.500 e. The molecule has 1 N–H and O–H groups in total. The fourth-order valence-electron chi connectivity index (χ4n) is 1.06. The number of esters is 1. The Morgan fingerprint density at radius 3 is 2.53 bits per heavy atom. The smallest absolute Gasteiger partial charge is 0.342 e. The lowest BCUT2D eigenvalue weighted by molar-refractivity contribution is -0.147. The van der Waals surface area contributed by atoms with Crippen LogP contribution in [0, 0.1) is 0 Å². The van der Waals surface area contributed by atoms with Crippen LogP contribution < -0.4 is 0 Å². The zero-order valence-corrected chi connectivity index (χ0v) is 9.97. The first-order valence-electron chi connectivity index (χ1n) is 4.93. The van der Waals surface area contributed by atoms with Crippen molar-refractivity contribution < 1.29 is 14.6 Å². The number of aliphatic imine (C=N–C) groups is 1. The zero-order valence-electron chi connectivity index (χ0n) is 9.15. The Kier molecular flexibility index (Phi) is 6.08. The summed E-state index contributed by atoms with van der Waals surface area (Å²) in [4.78, 5) is 15.2. The van der Waals surface area contributed by atoms with Crippen LogP contribution in [0.1, 0.15) is 33.1 Å². The number of ether oxygens (including phenoxy) is 1. The van der Waals surface area contributed by atoms with Crippen LogP contribution in [0.25, 0.3) is 0 Å². The molecule has 0 aromatic heterocycles. The summed E-state index contributed by atoms with van der Waals surface area (Å²) in [5.41, 5.74) is -1.47. The van der Waals surface area contributed by atoms with Crippen molar-refractivity contribution in [2.45, 2.75) is 38.6 Å². The molecule has 0 spiro atoms. The first kappa shape index (κ1) is 14.0. The minimum atomic E-state index is -1.47. The third kappa shape index (κ3) is 3.27. The number of rotatable bonds is 7. The molecule has 0 bridgehead atoms. The number of aliphatic hydroxyl groups is 1. The van der Waals surface area contributed by atoms with Gasteiger partial charge in [0.2, 0.25) is 5.54 Å². The van der Waals surface area contributed by atoms with Crippen molar-refractivity contribution in [1.29, 1.82) is 0 Å². The van der Waals surface area contributed by atoms with Gasteiger partial charge in [-0.1, -0.05) is 20.3 Å². The third-order valence-corrected chi connectivity index (χ3v) is 2.54. The van der Waals surface area contributed by atoms with E-state index in [9.17, 15) is 9.90 Å².